The van der Waals surface area contributed by atoms with Gasteiger partial charge in [-0.1, -0.05) is 0 Å². The molecule has 0 unspecified atom stereocenters. The van der Waals surface area contributed by atoms with Crippen molar-refractivity contribution in [2.75, 3.05) is 5.73 Å². The maximum Gasteiger partial charge on any atom is 0.145 e. The molecule has 70 valence electrons. The highest BCUT2D eigenvalue weighted by atomic mass is 32.1. The molecule has 0 radical (unpaired) electrons. The highest BCUT2D eigenvalue weighted by Gasteiger charge is 2.06. The molecule has 0 aliphatic rings. The number of nitrogen functional groups attached to an aromatic ring is 1. The van der Waals surface area contributed by atoms with Gasteiger partial charge in [-0.2, -0.15) is 16.4 Å². The zero-order valence-electron chi connectivity index (χ0n) is 7.15. The van der Waals surface area contributed by atoms with E-state index in [1.54, 1.807) is 22.7 Å². The van der Waals surface area contributed by atoms with Crippen molar-refractivity contribution in [3.8, 4) is 10.6 Å². The number of rotatable bonds is 1. The first kappa shape index (κ1) is 8.02. The van der Waals surface area contributed by atoms with Crippen LogP contribution in [0.15, 0.2) is 22.9 Å². The summed E-state index contributed by atoms with van der Waals surface area (Å²) in [6, 6.07) is 4.01. The highest BCUT2D eigenvalue weighted by molar-refractivity contribution is 7.25. The number of fused-ring (bicyclic) bond motifs is 1. The van der Waals surface area contributed by atoms with Crippen molar-refractivity contribution in [1.82, 2.24) is 10.2 Å². The molecule has 3 N–H and O–H groups in total. The molecule has 0 amide bonds. The Labute approximate surface area is 88.2 Å². The third-order valence-electron chi connectivity index (χ3n) is 2.02. The number of H-pyrrole nitrogens is 1. The van der Waals surface area contributed by atoms with Crippen LogP contribution in [0.25, 0.3) is 20.7 Å². The van der Waals surface area contributed by atoms with Gasteiger partial charge in [-0.3, -0.25) is 5.10 Å². The predicted molar refractivity (Wildman–Crippen MR) is 61.7 cm³/mol. The molecular formula is C9H7N3S2. The number of thiophene rings is 2. The summed E-state index contributed by atoms with van der Waals surface area (Å²) in [5, 5.41) is 12.4. The fraction of sp³-hybridized carbons (Fsp3) is 0. The molecule has 0 aromatic carbocycles. The van der Waals surface area contributed by atoms with Crippen LogP contribution in [0.5, 0.6) is 0 Å². The summed E-state index contributed by atoms with van der Waals surface area (Å²) in [4.78, 5) is 1.19. The predicted octanol–water partition coefficient (Wildman–Crippen LogP) is 2.94. The fourth-order valence-corrected chi connectivity index (χ4v) is 3.34. The third-order valence-corrected chi connectivity index (χ3v) is 4.07. The average Bonchev–Trinajstić information content (AvgIpc) is 2.75. The second-order valence-corrected chi connectivity index (χ2v) is 4.84. The van der Waals surface area contributed by atoms with Crippen molar-refractivity contribution in [2.24, 2.45) is 0 Å². The van der Waals surface area contributed by atoms with Crippen LogP contribution in [0, 0.1) is 0 Å². The lowest BCUT2D eigenvalue weighted by Crippen LogP contribution is -1.81. The van der Waals surface area contributed by atoms with E-state index in [0.717, 1.165) is 5.69 Å². The Balaban J connectivity index is 2.18. The molecule has 3 heterocycles. The van der Waals surface area contributed by atoms with Crippen LogP contribution >= 0.6 is 22.7 Å². The zero-order chi connectivity index (χ0) is 9.54. The van der Waals surface area contributed by atoms with Gasteiger partial charge in [0, 0.05) is 21.5 Å². The minimum absolute atomic E-state index is 0.538. The Bertz CT molecular complexity index is 547. The summed E-state index contributed by atoms with van der Waals surface area (Å²) in [5.41, 5.74) is 6.54. The van der Waals surface area contributed by atoms with Gasteiger partial charge in [-0.25, -0.2) is 0 Å². The van der Waals surface area contributed by atoms with E-state index in [9.17, 15) is 0 Å². The summed E-state index contributed by atoms with van der Waals surface area (Å²) in [5.74, 6) is 0.538. The van der Waals surface area contributed by atoms with Gasteiger partial charge in [0.25, 0.3) is 0 Å². The molecule has 0 aliphatic heterocycles. The van der Waals surface area contributed by atoms with E-state index in [0.29, 0.717) is 5.82 Å². The van der Waals surface area contributed by atoms with Gasteiger partial charge in [0.15, 0.2) is 0 Å². The molecule has 3 nitrogen and oxygen atoms in total. The number of nitrogens with one attached hydrogen (secondary N) is 1. The van der Waals surface area contributed by atoms with Crippen molar-refractivity contribution in [3.63, 3.8) is 0 Å². The minimum atomic E-state index is 0.538. The Morgan fingerprint density at radius 2 is 2.21 bits per heavy atom. The monoisotopic (exact) mass is 221 g/mol. The normalized spacial score (nSPS) is 11.1. The van der Waals surface area contributed by atoms with E-state index in [1.165, 1.54) is 15.0 Å². The van der Waals surface area contributed by atoms with Crippen molar-refractivity contribution < 1.29 is 0 Å². The van der Waals surface area contributed by atoms with E-state index in [2.05, 4.69) is 27.0 Å². The number of aromatic amines is 1. The highest BCUT2D eigenvalue weighted by Crippen LogP contribution is 2.34. The zero-order valence-corrected chi connectivity index (χ0v) is 8.78. The lowest BCUT2D eigenvalue weighted by atomic mass is 10.3. The standard InChI is InChI=1S/C9H7N3S2/c10-9-2-6(11-12-9)7-1-5-3-13-4-8(5)14-7/h1-4H,(H3,10,11,12). The second kappa shape index (κ2) is 2.83. The van der Waals surface area contributed by atoms with Gasteiger partial charge in [0.1, 0.15) is 5.82 Å². The van der Waals surface area contributed by atoms with E-state index < -0.39 is 0 Å². The summed E-state index contributed by atoms with van der Waals surface area (Å²) in [7, 11) is 0. The molecule has 0 atom stereocenters. The van der Waals surface area contributed by atoms with Crippen LogP contribution in [0.4, 0.5) is 5.82 Å². The van der Waals surface area contributed by atoms with Crippen LogP contribution < -0.4 is 5.73 Å². The number of aromatic nitrogens is 2. The van der Waals surface area contributed by atoms with Crippen LogP contribution in [0.1, 0.15) is 0 Å². The molecule has 3 aromatic heterocycles. The van der Waals surface area contributed by atoms with Crippen molar-refractivity contribution in [3.05, 3.63) is 22.9 Å². The number of hydrogen-bond acceptors (Lipinski definition) is 4. The van der Waals surface area contributed by atoms with Gasteiger partial charge in [-0.05, 0) is 11.4 Å². The number of nitrogens with two attached hydrogens (primary N) is 1. The molecule has 3 aromatic rings. The van der Waals surface area contributed by atoms with E-state index >= 15 is 0 Å². The first-order chi connectivity index (χ1) is 6.83. The summed E-state index contributed by atoms with van der Waals surface area (Å²) in [6.07, 6.45) is 0. The van der Waals surface area contributed by atoms with E-state index in [-0.39, 0.29) is 0 Å². The van der Waals surface area contributed by atoms with Gasteiger partial charge in [-0.15, -0.1) is 11.3 Å². The summed E-state index contributed by atoms with van der Waals surface area (Å²) in [6.45, 7) is 0. The maximum atomic E-state index is 5.55. The summed E-state index contributed by atoms with van der Waals surface area (Å²) >= 11 is 3.48. The second-order valence-electron chi connectivity index (χ2n) is 3.01. The SMILES string of the molecule is Nc1cc(-c2cc3cscc3s2)[nH]n1. The van der Waals surface area contributed by atoms with Gasteiger partial charge < -0.3 is 5.73 Å². The number of anilines is 1. The average molecular weight is 221 g/mol. The Morgan fingerprint density at radius 3 is 2.93 bits per heavy atom. The van der Waals surface area contributed by atoms with Crippen LogP contribution in [-0.2, 0) is 0 Å². The molecule has 0 aliphatic carbocycles. The smallest absolute Gasteiger partial charge is 0.145 e. The molecule has 3 rings (SSSR count). The van der Waals surface area contributed by atoms with Crippen molar-refractivity contribution in [1.29, 1.82) is 0 Å². The van der Waals surface area contributed by atoms with Gasteiger partial charge in [0.2, 0.25) is 0 Å². The molecule has 0 spiro atoms. The van der Waals surface area contributed by atoms with Crippen LogP contribution in [-0.4, -0.2) is 10.2 Å². The topological polar surface area (TPSA) is 54.7 Å². The van der Waals surface area contributed by atoms with E-state index in [1.807, 2.05) is 6.07 Å². The van der Waals surface area contributed by atoms with Crippen LogP contribution in [0.3, 0.4) is 0 Å². The molecule has 0 fully saturated rings. The largest absolute Gasteiger partial charge is 0.382 e. The molecule has 0 saturated carbocycles. The Morgan fingerprint density at radius 1 is 1.29 bits per heavy atom. The Kier molecular flexibility index (Phi) is 1.62. The number of hydrogen-bond donors (Lipinski definition) is 2. The first-order valence-electron chi connectivity index (χ1n) is 4.10. The quantitative estimate of drug-likeness (QED) is 0.663. The van der Waals surface area contributed by atoms with Crippen molar-refractivity contribution in [2.45, 2.75) is 0 Å². The molecule has 14 heavy (non-hydrogen) atoms. The number of nitrogens with zero attached hydrogens (tertiary/aromatic N) is 1. The first-order valence-corrected chi connectivity index (χ1v) is 5.86. The minimum Gasteiger partial charge on any atom is -0.382 e. The van der Waals surface area contributed by atoms with Crippen LogP contribution in [0.2, 0.25) is 0 Å². The van der Waals surface area contributed by atoms with Gasteiger partial charge >= 0.3 is 0 Å². The lowest BCUT2D eigenvalue weighted by Gasteiger charge is -1.86. The Hall–Kier alpha value is -1.33. The third kappa shape index (κ3) is 1.13. The molecular weight excluding hydrogens is 214 g/mol. The van der Waals surface area contributed by atoms with Crippen molar-refractivity contribution >= 4 is 38.6 Å². The summed E-state index contributed by atoms with van der Waals surface area (Å²) < 4.78 is 1.32. The maximum absolute atomic E-state index is 5.55. The molecule has 0 saturated heterocycles. The molecule has 5 heteroatoms. The fourth-order valence-electron chi connectivity index (χ4n) is 1.37. The molecule has 0 bridgehead atoms. The lowest BCUT2D eigenvalue weighted by molar-refractivity contribution is 1.11. The van der Waals surface area contributed by atoms with Gasteiger partial charge in [0.05, 0.1) is 10.6 Å². The van der Waals surface area contributed by atoms with E-state index in [4.69, 9.17) is 5.73 Å².